The molecular weight excluding hydrogens is 396 g/mol. The molecule has 0 aliphatic rings. The van der Waals surface area contributed by atoms with Gasteiger partial charge in [0.25, 0.3) is 0 Å². The van der Waals surface area contributed by atoms with Gasteiger partial charge in [0, 0.05) is 11.1 Å². The summed E-state index contributed by atoms with van der Waals surface area (Å²) in [7, 11) is 0. The van der Waals surface area contributed by atoms with Crippen LogP contribution in [0.5, 0.6) is 0 Å². The van der Waals surface area contributed by atoms with Gasteiger partial charge >= 0.3 is 11.9 Å². The maximum Gasteiger partial charge on any atom is 0.357 e. The van der Waals surface area contributed by atoms with E-state index in [4.69, 9.17) is 5.11 Å². The number of benzene rings is 3. The number of carboxylic acids is 2. The maximum atomic E-state index is 13.4. The van der Waals surface area contributed by atoms with Gasteiger partial charge in [0.15, 0.2) is 11.5 Å². The molecule has 2 N–H and O–H groups in total. The Bertz CT molecular complexity index is 1280. The molecule has 4 rings (SSSR count). The van der Waals surface area contributed by atoms with E-state index < -0.39 is 17.7 Å². The lowest BCUT2D eigenvalue weighted by Gasteiger charge is -2.10. The van der Waals surface area contributed by atoms with Crippen molar-refractivity contribution in [2.75, 3.05) is 0 Å². The number of hydrogen-bond acceptors (Lipinski definition) is 4. The smallest absolute Gasteiger partial charge is 0.357 e. The van der Waals surface area contributed by atoms with Gasteiger partial charge < -0.3 is 10.2 Å². The van der Waals surface area contributed by atoms with Crippen molar-refractivity contribution in [3.05, 3.63) is 107 Å². The summed E-state index contributed by atoms with van der Waals surface area (Å²) in [5.74, 6) is -2.89. The zero-order valence-corrected chi connectivity index (χ0v) is 16.1. The summed E-state index contributed by atoms with van der Waals surface area (Å²) in [6.07, 6.45) is 0. The molecule has 4 aromatic rings. The van der Waals surface area contributed by atoms with E-state index in [1.54, 1.807) is 54.6 Å². The first kappa shape index (κ1) is 19.8. The second-order valence-electron chi connectivity index (χ2n) is 6.70. The van der Waals surface area contributed by atoms with E-state index in [0.29, 0.717) is 22.5 Å². The Hall–Kier alpha value is -4.52. The minimum atomic E-state index is -1.34. The number of carboxylic acid groups (broad SMARTS) is 2. The van der Waals surface area contributed by atoms with Crippen molar-refractivity contribution in [1.29, 1.82) is 0 Å². The molecule has 0 bridgehead atoms. The number of carbonyl (C=O) groups excluding carboxylic acids is 1. The minimum Gasteiger partial charge on any atom is -0.478 e. The lowest BCUT2D eigenvalue weighted by atomic mass is 9.97. The van der Waals surface area contributed by atoms with Crippen LogP contribution < -0.4 is 0 Å². The Kier molecular flexibility index (Phi) is 5.15. The molecule has 152 valence electrons. The molecule has 0 saturated carbocycles. The maximum absolute atomic E-state index is 13.4. The van der Waals surface area contributed by atoms with Gasteiger partial charge in [0.1, 0.15) is 0 Å². The third-order valence-corrected chi connectivity index (χ3v) is 4.76. The van der Waals surface area contributed by atoms with Crippen LogP contribution in [0.15, 0.2) is 84.9 Å². The Morgan fingerprint density at radius 1 is 0.677 bits per heavy atom. The zero-order chi connectivity index (χ0) is 22.0. The highest BCUT2D eigenvalue weighted by Gasteiger charge is 2.30. The standard InChI is InChI=1S/C24H16N2O5/c27-22(16-9-5-2-6-10-16)19-20(24(30)31)25-26(21(19)15-7-3-1-4-8-15)18-13-11-17(12-14-18)23(28)29/h1-14H,(H,28,29)(H,30,31). The Balaban J connectivity index is 2.01. The van der Waals surface area contributed by atoms with E-state index in [1.165, 1.54) is 28.9 Å². The van der Waals surface area contributed by atoms with Gasteiger partial charge in [-0.1, -0.05) is 60.7 Å². The first-order chi connectivity index (χ1) is 15.0. The number of carbonyl (C=O) groups is 3. The van der Waals surface area contributed by atoms with Crippen LogP contribution in [-0.4, -0.2) is 37.7 Å². The summed E-state index contributed by atoms with van der Waals surface area (Å²) in [6.45, 7) is 0. The second kappa shape index (κ2) is 8.08. The molecule has 31 heavy (non-hydrogen) atoms. The molecule has 0 amide bonds. The van der Waals surface area contributed by atoms with Crippen LogP contribution in [0.3, 0.4) is 0 Å². The van der Waals surface area contributed by atoms with E-state index in [2.05, 4.69) is 5.10 Å². The van der Waals surface area contributed by atoms with Crippen LogP contribution >= 0.6 is 0 Å². The molecule has 0 aliphatic heterocycles. The van der Waals surface area contributed by atoms with Gasteiger partial charge in [-0.15, -0.1) is 0 Å². The molecule has 0 spiro atoms. The Morgan fingerprint density at radius 3 is 1.81 bits per heavy atom. The third kappa shape index (κ3) is 3.72. The Morgan fingerprint density at radius 2 is 1.26 bits per heavy atom. The van der Waals surface area contributed by atoms with Crippen molar-refractivity contribution >= 4 is 17.7 Å². The number of nitrogens with zero attached hydrogens (tertiary/aromatic N) is 2. The third-order valence-electron chi connectivity index (χ3n) is 4.76. The summed E-state index contributed by atoms with van der Waals surface area (Å²) in [5.41, 5.74) is 1.35. The fourth-order valence-corrected chi connectivity index (χ4v) is 3.31. The largest absolute Gasteiger partial charge is 0.478 e. The van der Waals surface area contributed by atoms with Crippen LogP contribution in [0.25, 0.3) is 16.9 Å². The quantitative estimate of drug-likeness (QED) is 0.460. The van der Waals surface area contributed by atoms with Crippen molar-refractivity contribution < 1.29 is 24.6 Å². The van der Waals surface area contributed by atoms with Gasteiger partial charge in [-0.3, -0.25) is 4.79 Å². The molecule has 0 unspecified atom stereocenters. The molecular formula is C24H16N2O5. The summed E-state index contributed by atoms with van der Waals surface area (Å²) in [5, 5.41) is 23.2. The van der Waals surface area contributed by atoms with Gasteiger partial charge in [-0.05, 0) is 24.3 Å². The highest BCUT2D eigenvalue weighted by molar-refractivity contribution is 6.17. The van der Waals surface area contributed by atoms with E-state index in [9.17, 15) is 19.5 Å². The van der Waals surface area contributed by atoms with Crippen molar-refractivity contribution in [1.82, 2.24) is 9.78 Å². The highest BCUT2D eigenvalue weighted by atomic mass is 16.4. The van der Waals surface area contributed by atoms with E-state index in [0.717, 1.165) is 0 Å². The lowest BCUT2D eigenvalue weighted by molar-refractivity contribution is 0.0680. The zero-order valence-electron chi connectivity index (χ0n) is 16.1. The minimum absolute atomic E-state index is 0.0350. The first-order valence-electron chi connectivity index (χ1n) is 9.32. The molecule has 0 aliphatic carbocycles. The van der Waals surface area contributed by atoms with E-state index in [1.807, 2.05) is 6.07 Å². The number of ketones is 1. The van der Waals surface area contributed by atoms with Crippen molar-refractivity contribution in [3.63, 3.8) is 0 Å². The molecule has 7 heteroatoms. The molecule has 1 aromatic heterocycles. The molecule has 3 aromatic carbocycles. The number of aromatic carboxylic acids is 2. The molecule has 0 saturated heterocycles. The van der Waals surface area contributed by atoms with Crippen LogP contribution in [0.2, 0.25) is 0 Å². The fourth-order valence-electron chi connectivity index (χ4n) is 3.31. The summed E-state index contributed by atoms with van der Waals surface area (Å²) >= 11 is 0. The molecule has 0 radical (unpaired) electrons. The molecule has 0 atom stereocenters. The SMILES string of the molecule is O=C(O)c1ccc(-n2nc(C(=O)O)c(C(=O)c3ccccc3)c2-c2ccccc2)cc1. The summed E-state index contributed by atoms with van der Waals surface area (Å²) in [6, 6.07) is 23.1. The normalized spacial score (nSPS) is 10.6. The van der Waals surface area contributed by atoms with Crippen LogP contribution in [-0.2, 0) is 0 Å². The molecule has 7 nitrogen and oxygen atoms in total. The summed E-state index contributed by atoms with van der Waals surface area (Å²) in [4.78, 5) is 36.6. The van der Waals surface area contributed by atoms with Crippen molar-refractivity contribution in [2.24, 2.45) is 0 Å². The van der Waals surface area contributed by atoms with Crippen LogP contribution in [0.1, 0.15) is 36.8 Å². The van der Waals surface area contributed by atoms with Gasteiger partial charge in [0.2, 0.25) is 0 Å². The monoisotopic (exact) mass is 412 g/mol. The molecule has 0 fully saturated rings. The number of hydrogen-bond donors (Lipinski definition) is 2. The molecule has 1 heterocycles. The van der Waals surface area contributed by atoms with Gasteiger partial charge in [0.05, 0.1) is 22.5 Å². The average molecular weight is 412 g/mol. The van der Waals surface area contributed by atoms with Crippen LogP contribution in [0.4, 0.5) is 0 Å². The van der Waals surface area contributed by atoms with Gasteiger partial charge in [-0.2, -0.15) is 5.10 Å². The lowest BCUT2D eigenvalue weighted by Crippen LogP contribution is -2.09. The van der Waals surface area contributed by atoms with Crippen molar-refractivity contribution in [3.8, 4) is 16.9 Å². The van der Waals surface area contributed by atoms with Crippen molar-refractivity contribution in [2.45, 2.75) is 0 Å². The summed E-state index contributed by atoms with van der Waals surface area (Å²) < 4.78 is 1.36. The van der Waals surface area contributed by atoms with Gasteiger partial charge in [-0.25, -0.2) is 14.3 Å². The van der Waals surface area contributed by atoms with Crippen LogP contribution in [0, 0.1) is 0 Å². The van der Waals surface area contributed by atoms with E-state index >= 15 is 0 Å². The first-order valence-corrected chi connectivity index (χ1v) is 9.32. The fraction of sp³-hybridized carbons (Fsp3) is 0. The van der Waals surface area contributed by atoms with E-state index in [-0.39, 0.29) is 16.8 Å². The number of aromatic nitrogens is 2. The second-order valence-corrected chi connectivity index (χ2v) is 6.70. The Labute approximate surface area is 176 Å². The topological polar surface area (TPSA) is 109 Å². The predicted octanol–water partition coefficient (Wildman–Crippen LogP) is 4.17. The predicted molar refractivity (Wildman–Crippen MR) is 113 cm³/mol. The number of rotatable bonds is 6. The highest BCUT2D eigenvalue weighted by Crippen LogP contribution is 2.31. The average Bonchev–Trinajstić information content (AvgIpc) is 3.21.